The lowest BCUT2D eigenvalue weighted by Crippen LogP contribution is -2.22. The van der Waals surface area contributed by atoms with Gasteiger partial charge in [-0.2, -0.15) is 4.83 Å². The number of nitrogens with zero attached hydrogens (tertiary/aromatic N) is 3. The molecule has 0 aliphatic carbocycles. The summed E-state index contributed by atoms with van der Waals surface area (Å²) in [4.78, 5) is 3.01. The van der Waals surface area contributed by atoms with E-state index in [1.807, 2.05) is 16.6 Å². The van der Waals surface area contributed by atoms with Crippen LogP contribution in [-0.2, 0) is 0 Å². The molecule has 0 saturated heterocycles. The second-order valence-corrected chi connectivity index (χ2v) is 3.09. The fourth-order valence-electron chi connectivity index (χ4n) is 0.584. The van der Waals surface area contributed by atoms with Crippen molar-refractivity contribution in [2.45, 2.75) is 0 Å². The summed E-state index contributed by atoms with van der Waals surface area (Å²) in [7, 11) is 0. The maximum atomic E-state index is 3.87. The molecule has 1 aromatic heterocycles. The van der Waals surface area contributed by atoms with E-state index in [9.17, 15) is 0 Å². The number of anilines is 1. The molecular weight excluding hydrogens is 168 g/mol. The molecule has 4 nitrogen and oxygen atoms in total. The zero-order chi connectivity index (χ0) is 6.81. The summed E-state index contributed by atoms with van der Waals surface area (Å²) in [6.45, 7) is 0. The van der Waals surface area contributed by atoms with Crippen molar-refractivity contribution in [3.8, 4) is 0 Å². The van der Waals surface area contributed by atoms with Crippen LogP contribution in [0.3, 0.4) is 0 Å². The number of hydrogen-bond donors (Lipinski definition) is 1. The van der Waals surface area contributed by atoms with Crippen molar-refractivity contribution >= 4 is 28.4 Å². The molecule has 0 radical (unpaired) electrons. The third kappa shape index (κ3) is 1.00. The minimum absolute atomic E-state index is 0.862. The molecule has 2 rings (SSSR count). The molecule has 0 fully saturated rings. The molecular formula is C4H4N4S2. The van der Waals surface area contributed by atoms with E-state index in [2.05, 4.69) is 15.0 Å². The van der Waals surface area contributed by atoms with E-state index in [4.69, 9.17) is 0 Å². The monoisotopic (exact) mass is 172 g/mol. The van der Waals surface area contributed by atoms with E-state index in [1.54, 1.807) is 5.51 Å². The summed E-state index contributed by atoms with van der Waals surface area (Å²) < 4.78 is 0. The number of aromatic nitrogens is 2. The van der Waals surface area contributed by atoms with Gasteiger partial charge in [0, 0.05) is 11.6 Å². The van der Waals surface area contributed by atoms with Crippen molar-refractivity contribution in [2.24, 2.45) is 0 Å². The molecule has 1 aliphatic heterocycles. The van der Waals surface area contributed by atoms with Gasteiger partial charge in [0.1, 0.15) is 5.51 Å². The summed E-state index contributed by atoms with van der Waals surface area (Å²) in [5.74, 6) is 0. The highest BCUT2D eigenvalue weighted by atomic mass is 32.2. The third-order valence-electron chi connectivity index (χ3n) is 0.984. The van der Waals surface area contributed by atoms with Crippen molar-refractivity contribution in [3.05, 3.63) is 17.1 Å². The van der Waals surface area contributed by atoms with E-state index in [1.165, 1.54) is 23.3 Å². The van der Waals surface area contributed by atoms with Crippen LogP contribution in [0.1, 0.15) is 0 Å². The number of hydrogen-bond acceptors (Lipinski definition) is 6. The highest BCUT2D eigenvalue weighted by Gasteiger charge is 2.08. The Labute approximate surface area is 66.1 Å². The van der Waals surface area contributed by atoms with Gasteiger partial charge in [0.05, 0.1) is 0 Å². The second kappa shape index (κ2) is 2.57. The van der Waals surface area contributed by atoms with Gasteiger partial charge in [-0.05, 0) is 11.9 Å². The van der Waals surface area contributed by atoms with Gasteiger partial charge >= 0.3 is 0 Å². The first-order chi connectivity index (χ1) is 4.97. The molecule has 1 aliphatic rings. The first-order valence-electron chi connectivity index (χ1n) is 2.60. The zero-order valence-corrected chi connectivity index (χ0v) is 6.52. The molecule has 0 aromatic carbocycles. The van der Waals surface area contributed by atoms with Crippen molar-refractivity contribution in [1.29, 1.82) is 0 Å². The molecule has 52 valence electrons. The van der Waals surface area contributed by atoms with Gasteiger partial charge in [-0.1, -0.05) is 11.3 Å². The zero-order valence-electron chi connectivity index (χ0n) is 4.89. The minimum Gasteiger partial charge on any atom is -0.246 e. The molecule has 0 saturated carbocycles. The average Bonchev–Trinajstić information content (AvgIpc) is 2.59. The molecule has 0 amide bonds. The maximum absolute atomic E-state index is 3.87. The Balaban J connectivity index is 2.20. The van der Waals surface area contributed by atoms with Gasteiger partial charge in [0.2, 0.25) is 5.13 Å². The van der Waals surface area contributed by atoms with E-state index in [-0.39, 0.29) is 0 Å². The predicted molar refractivity (Wildman–Crippen MR) is 42.3 cm³/mol. The highest BCUT2D eigenvalue weighted by molar-refractivity contribution is 8.00. The van der Waals surface area contributed by atoms with Crippen molar-refractivity contribution in [1.82, 2.24) is 15.0 Å². The first-order valence-corrected chi connectivity index (χ1v) is 4.36. The standard InChI is InChI=1S/C4H4N4S2/c1-2-10-7-8(1)4-6-5-3-9-4/h1-3,7H. The van der Waals surface area contributed by atoms with Crippen LogP contribution in [-0.4, -0.2) is 10.2 Å². The van der Waals surface area contributed by atoms with Gasteiger partial charge in [-0.3, -0.25) is 0 Å². The molecule has 10 heavy (non-hydrogen) atoms. The largest absolute Gasteiger partial charge is 0.246 e. The van der Waals surface area contributed by atoms with Gasteiger partial charge in [0.25, 0.3) is 0 Å². The quantitative estimate of drug-likeness (QED) is 0.639. The van der Waals surface area contributed by atoms with Gasteiger partial charge < -0.3 is 0 Å². The van der Waals surface area contributed by atoms with Crippen molar-refractivity contribution in [3.63, 3.8) is 0 Å². The summed E-state index contributed by atoms with van der Waals surface area (Å²) in [6, 6.07) is 0. The molecule has 1 N–H and O–H groups in total. The Bertz CT molecular complexity index is 231. The summed E-state index contributed by atoms with van der Waals surface area (Å²) >= 11 is 3.01. The number of nitrogens with one attached hydrogen (secondary N) is 1. The molecule has 0 atom stereocenters. The topological polar surface area (TPSA) is 41.1 Å². The predicted octanol–water partition coefficient (Wildman–Crippen LogP) is 0.982. The third-order valence-corrected chi connectivity index (χ3v) is 2.23. The van der Waals surface area contributed by atoms with Crippen molar-refractivity contribution in [2.75, 3.05) is 5.01 Å². The Hall–Kier alpha value is -0.590. The van der Waals surface area contributed by atoms with Crippen LogP contribution in [0, 0.1) is 0 Å². The van der Waals surface area contributed by atoms with Crippen molar-refractivity contribution < 1.29 is 0 Å². The molecule has 1 aromatic rings. The van der Waals surface area contributed by atoms with Crippen LogP contribution in [0.2, 0.25) is 0 Å². The fourth-order valence-corrected chi connectivity index (χ4v) is 1.65. The van der Waals surface area contributed by atoms with E-state index < -0.39 is 0 Å². The molecule has 0 unspecified atom stereocenters. The summed E-state index contributed by atoms with van der Waals surface area (Å²) in [6.07, 6.45) is 1.91. The van der Waals surface area contributed by atoms with Crippen LogP contribution < -0.4 is 9.84 Å². The Kier molecular flexibility index (Phi) is 1.58. The van der Waals surface area contributed by atoms with Gasteiger partial charge in [-0.15, -0.1) is 10.2 Å². The van der Waals surface area contributed by atoms with Gasteiger partial charge in [-0.25, -0.2) is 5.01 Å². The first kappa shape index (κ1) is 6.14. The Morgan fingerprint density at radius 2 is 2.60 bits per heavy atom. The fraction of sp³-hybridized carbons (Fsp3) is 0. The van der Waals surface area contributed by atoms with Crippen LogP contribution in [0.15, 0.2) is 17.1 Å². The molecule has 0 bridgehead atoms. The minimum atomic E-state index is 0.862. The van der Waals surface area contributed by atoms with Gasteiger partial charge in [0.15, 0.2) is 0 Å². The molecule has 2 heterocycles. The summed E-state index contributed by atoms with van der Waals surface area (Å²) in [5.41, 5.74) is 1.70. The van der Waals surface area contributed by atoms with Crippen LogP contribution in [0.25, 0.3) is 0 Å². The Morgan fingerprint density at radius 1 is 1.60 bits per heavy atom. The van der Waals surface area contributed by atoms with Crippen LogP contribution >= 0.6 is 23.3 Å². The number of hydrazine groups is 1. The lowest BCUT2D eigenvalue weighted by Gasteiger charge is -2.07. The SMILES string of the molecule is C1=CN(c2nncs2)NS1. The highest BCUT2D eigenvalue weighted by Crippen LogP contribution is 2.19. The van der Waals surface area contributed by atoms with E-state index in [0.29, 0.717) is 0 Å². The normalized spacial score (nSPS) is 16.6. The van der Waals surface area contributed by atoms with Crippen LogP contribution in [0.4, 0.5) is 5.13 Å². The lowest BCUT2D eigenvalue weighted by atomic mass is 10.9. The smallest absolute Gasteiger partial charge is 0.227 e. The average molecular weight is 172 g/mol. The van der Waals surface area contributed by atoms with E-state index in [0.717, 1.165) is 5.13 Å². The van der Waals surface area contributed by atoms with Crippen LogP contribution in [0.5, 0.6) is 0 Å². The maximum Gasteiger partial charge on any atom is 0.227 e. The lowest BCUT2D eigenvalue weighted by molar-refractivity contribution is 0.954. The number of rotatable bonds is 1. The van der Waals surface area contributed by atoms with E-state index >= 15 is 0 Å². The Morgan fingerprint density at radius 3 is 3.20 bits per heavy atom. The second-order valence-electron chi connectivity index (χ2n) is 1.59. The molecule has 6 heteroatoms. The molecule has 0 spiro atoms. The summed E-state index contributed by atoms with van der Waals surface area (Å²) in [5, 5.41) is 12.2.